The number of hydrogen-bond acceptors (Lipinski definition) is 3. The van der Waals surface area contributed by atoms with Crippen LogP contribution in [-0.2, 0) is 12.8 Å². The first kappa shape index (κ1) is 12.0. The molecule has 0 aliphatic rings. The van der Waals surface area contributed by atoms with E-state index in [1.807, 2.05) is 11.4 Å². The lowest BCUT2D eigenvalue weighted by molar-refractivity contribution is 0.0997. The number of thiophene rings is 2. The molecule has 0 bridgehead atoms. The summed E-state index contributed by atoms with van der Waals surface area (Å²) < 4.78 is 0.987. The Hall–Kier alpha value is -0.450. The minimum absolute atomic E-state index is 0.209. The van der Waals surface area contributed by atoms with Gasteiger partial charge in [-0.3, -0.25) is 4.79 Å². The Kier molecular flexibility index (Phi) is 3.95. The molecule has 0 N–H and O–H groups in total. The molecule has 0 saturated carbocycles. The number of aryl methyl sites for hydroxylation is 1. The van der Waals surface area contributed by atoms with Crippen LogP contribution in [0.3, 0.4) is 0 Å². The molecule has 2 rings (SSSR count). The third-order valence-electron chi connectivity index (χ3n) is 2.24. The van der Waals surface area contributed by atoms with Crippen molar-refractivity contribution in [3.63, 3.8) is 0 Å². The Bertz CT molecular complexity index is 499. The zero-order valence-corrected chi connectivity index (χ0v) is 12.0. The van der Waals surface area contributed by atoms with Crippen molar-refractivity contribution in [2.45, 2.75) is 19.8 Å². The lowest BCUT2D eigenvalue weighted by Crippen LogP contribution is -1.98. The third-order valence-corrected chi connectivity index (χ3v) is 5.20. The molecule has 0 atom stereocenters. The highest BCUT2D eigenvalue weighted by Crippen LogP contribution is 2.23. The Morgan fingerprint density at radius 3 is 2.69 bits per heavy atom. The number of halogens is 1. The number of carbonyl (C=O) groups is 1. The van der Waals surface area contributed by atoms with Gasteiger partial charge < -0.3 is 0 Å². The maximum Gasteiger partial charge on any atom is 0.178 e. The molecule has 16 heavy (non-hydrogen) atoms. The molecule has 0 fully saturated rings. The highest BCUT2D eigenvalue weighted by Gasteiger charge is 2.10. The van der Waals surface area contributed by atoms with Gasteiger partial charge in [0.15, 0.2) is 5.78 Å². The Balaban J connectivity index is 2.07. The average molecular weight is 315 g/mol. The monoisotopic (exact) mass is 314 g/mol. The summed E-state index contributed by atoms with van der Waals surface area (Å²) >= 11 is 6.59. The lowest BCUT2D eigenvalue weighted by Gasteiger charge is -1.94. The second kappa shape index (κ2) is 5.25. The maximum atomic E-state index is 11.9. The molecule has 0 unspecified atom stereocenters. The second-order valence-electron chi connectivity index (χ2n) is 3.45. The van der Waals surface area contributed by atoms with Gasteiger partial charge in [-0.15, -0.1) is 22.7 Å². The van der Waals surface area contributed by atoms with Crippen LogP contribution >= 0.6 is 38.6 Å². The van der Waals surface area contributed by atoms with Crippen LogP contribution in [0.5, 0.6) is 0 Å². The van der Waals surface area contributed by atoms with Crippen molar-refractivity contribution in [2.24, 2.45) is 0 Å². The molecule has 2 aromatic heterocycles. The van der Waals surface area contributed by atoms with Crippen molar-refractivity contribution >= 4 is 44.4 Å². The first-order valence-corrected chi connectivity index (χ1v) is 7.52. The first-order chi connectivity index (χ1) is 7.69. The zero-order chi connectivity index (χ0) is 11.5. The summed E-state index contributed by atoms with van der Waals surface area (Å²) in [6, 6.07) is 6.06. The van der Waals surface area contributed by atoms with E-state index in [1.54, 1.807) is 11.3 Å². The van der Waals surface area contributed by atoms with Crippen LogP contribution in [0.4, 0.5) is 0 Å². The Morgan fingerprint density at radius 1 is 1.38 bits per heavy atom. The maximum absolute atomic E-state index is 11.9. The summed E-state index contributed by atoms with van der Waals surface area (Å²) in [5.41, 5.74) is 0. The third kappa shape index (κ3) is 2.81. The SMILES string of the molecule is CCc1ccc(CC(=O)c2cc(Br)cs2)s1. The molecule has 0 aliphatic heterocycles. The normalized spacial score (nSPS) is 10.6. The van der Waals surface area contributed by atoms with Gasteiger partial charge in [0, 0.05) is 26.0 Å². The summed E-state index contributed by atoms with van der Waals surface area (Å²) in [6.45, 7) is 2.13. The summed E-state index contributed by atoms with van der Waals surface area (Å²) in [5.74, 6) is 0.209. The van der Waals surface area contributed by atoms with Gasteiger partial charge in [-0.2, -0.15) is 0 Å². The van der Waals surface area contributed by atoms with E-state index in [0.717, 1.165) is 20.6 Å². The van der Waals surface area contributed by atoms with Crippen molar-refractivity contribution in [3.05, 3.63) is 42.7 Å². The molecule has 4 heteroatoms. The molecule has 0 aromatic carbocycles. The Labute approximate surface area is 111 Å². The molecule has 2 heterocycles. The summed E-state index contributed by atoms with van der Waals surface area (Å²) in [5, 5.41) is 1.94. The Morgan fingerprint density at radius 2 is 2.12 bits per heavy atom. The van der Waals surface area contributed by atoms with E-state index in [-0.39, 0.29) is 5.78 Å². The molecule has 84 valence electrons. The van der Waals surface area contributed by atoms with Crippen LogP contribution in [0.1, 0.15) is 26.3 Å². The molecule has 0 aliphatic carbocycles. The first-order valence-electron chi connectivity index (χ1n) is 5.04. The van der Waals surface area contributed by atoms with Crippen LogP contribution in [0.15, 0.2) is 28.1 Å². The van der Waals surface area contributed by atoms with E-state index in [0.29, 0.717) is 6.42 Å². The fourth-order valence-corrected chi connectivity index (χ4v) is 3.74. The van der Waals surface area contributed by atoms with E-state index in [4.69, 9.17) is 0 Å². The van der Waals surface area contributed by atoms with Crippen LogP contribution in [0.25, 0.3) is 0 Å². The molecule has 1 nitrogen and oxygen atoms in total. The van der Waals surface area contributed by atoms with Gasteiger partial charge in [0.1, 0.15) is 0 Å². The number of hydrogen-bond donors (Lipinski definition) is 0. The molecular formula is C12H11BrOS2. The number of rotatable bonds is 4. The largest absolute Gasteiger partial charge is 0.293 e. The highest BCUT2D eigenvalue weighted by molar-refractivity contribution is 9.10. The van der Waals surface area contributed by atoms with Crippen LogP contribution in [-0.4, -0.2) is 5.78 Å². The van der Waals surface area contributed by atoms with Crippen molar-refractivity contribution < 1.29 is 4.79 Å². The van der Waals surface area contributed by atoms with Gasteiger partial charge in [-0.1, -0.05) is 6.92 Å². The fraction of sp³-hybridized carbons (Fsp3) is 0.250. The molecular weight excluding hydrogens is 304 g/mol. The topological polar surface area (TPSA) is 17.1 Å². The predicted molar refractivity (Wildman–Crippen MR) is 73.8 cm³/mol. The van der Waals surface area contributed by atoms with Gasteiger partial charge in [0.05, 0.1) is 4.88 Å². The summed E-state index contributed by atoms with van der Waals surface area (Å²) in [6.07, 6.45) is 1.57. The molecule has 0 amide bonds. The minimum atomic E-state index is 0.209. The summed E-state index contributed by atoms with van der Waals surface area (Å²) in [4.78, 5) is 15.3. The van der Waals surface area contributed by atoms with Gasteiger partial charge in [0.2, 0.25) is 0 Å². The van der Waals surface area contributed by atoms with Gasteiger partial charge in [0.25, 0.3) is 0 Å². The molecule has 2 aromatic rings. The molecule has 0 radical (unpaired) electrons. The van der Waals surface area contributed by atoms with E-state index < -0.39 is 0 Å². The van der Waals surface area contributed by atoms with E-state index in [9.17, 15) is 4.79 Å². The quantitative estimate of drug-likeness (QED) is 0.756. The number of carbonyl (C=O) groups excluding carboxylic acids is 1. The van der Waals surface area contributed by atoms with E-state index in [2.05, 4.69) is 35.0 Å². The standard InChI is InChI=1S/C12H11BrOS2/c1-2-9-3-4-10(16-9)6-11(14)12-5-8(13)7-15-12/h3-5,7H,2,6H2,1H3. The highest BCUT2D eigenvalue weighted by atomic mass is 79.9. The molecule has 0 saturated heterocycles. The van der Waals surface area contributed by atoms with Crippen molar-refractivity contribution in [1.29, 1.82) is 0 Å². The van der Waals surface area contributed by atoms with E-state index in [1.165, 1.54) is 16.2 Å². The number of Topliss-reactive ketones (excluding diaryl/α,β-unsaturated/α-hetero) is 1. The van der Waals surface area contributed by atoms with E-state index >= 15 is 0 Å². The molecule has 0 spiro atoms. The van der Waals surface area contributed by atoms with Gasteiger partial charge in [-0.05, 0) is 40.5 Å². The zero-order valence-electron chi connectivity index (χ0n) is 8.83. The van der Waals surface area contributed by atoms with Gasteiger partial charge >= 0.3 is 0 Å². The van der Waals surface area contributed by atoms with Crippen LogP contribution < -0.4 is 0 Å². The van der Waals surface area contributed by atoms with Crippen molar-refractivity contribution in [2.75, 3.05) is 0 Å². The fourth-order valence-electron chi connectivity index (χ4n) is 1.41. The van der Waals surface area contributed by atoms with Crippen molar-refractivity contribution in [1.82, 2.24) is 0 Å². The van der Waals surface area contributed by atoms with Gasteiger partial charge in [-0.25, -0.2) is 0 Å². The lowest BCUT2D eigenvalue weighted by atomic mass is 10.2. The number of ketones is 1. The predicted octanol–water partition coefficient (Wildman–Crippen LogP) is 4.56. The minimum Gasteiger partial charge on any atom is -0.293 e. The second-order valence-corrected chi connectivity index (χ2v) is 6.53. The smallest absolute Gasteiger partial charge is 0.178 e. The average Bonchev–Trinajstić information content (AvgIpc) is 2.87. The summed E-state index contributed by atoms with van der Waals surface area (Å²) in [7, 11) is 0. The van der Waals surface area contributed by atoms with Crippen LogP contribution in [0.2, 0.25) is 0 Å². The van der Waals surface area contributed by atoms with Crippen molar-refractivity contribution in [3.8, 4) is 0 Å². The van der Waals surface area contributed by atoms with Crippen LogP contribution in [0, 0.1) is 0 Å².